The Labute approximate surface area is 65.3 Å². The van der Waals surface area contributed by atoms with Crippen molar-refractivity contribution in [3.8, 4) is 0 Å². The highest BCUT2D eigenvalue weighted by atomic mass is 16.5. The van der Waals surface area contributed by atoms with Crippen molar-refractivity contribution in [2.75, 3.05) is 6.61 Å². The normalized spacial score (nSPS) is 27.9. The van der Waals surface area contributed by atoms with Gasteiger partial charge in [-0.25, -0.2) is 0 Å². The van der Waals surface area contributed by atoms with Crippen molar-refractivity contribution in [3.63, 3.8) is 0 Å². The van der Waals surface area contributed by atoms with Crippen molar-refractivity contribution >= 4 is 5.97 Å². The lowest BCUT2D eigenvalue weighted by Crippen LogP contribution is -2.44. The van der Waals surface area contributed by atoms with E-state index in [-0.39, 0.29) is 6.10 Å². The molecule has 0 aliphatic carbocycles. The molecule has 1 aliphatic heterocycles. The highest BCUT2D eigenvalue weighted by Gasteiger charge is 2.26. The van der Waals surface area contributed by atoms with Gasteiger partial charge in [0.15, 0.2) is 0 Å². The van der Waals surface area contributed by atoms with Gasteiger partial charge in [-0.1, -0.05) is 0 Å². The van der Waals surface area contributed by atoms with Gasteiger partial charge >= 0.3 is 5.97 Å². The third-order valence-electron chi connectivity index (χ3n) is 1.90. The molecular formula is C7H13NO3. The Morgan fingerprint density at radius 1 is 1.64 bits per heavy atom. The van der Waals surface area contributed by atoms with E-state index < -0.39 is 12.0 Å². The average Bonchev–Trinajstić information content (AvgIpc) is 2.05. The molecule has 0 saturated carbocycles. The first-order chi connectivity index (χ1) is 5.22. The van der Waals surface area contributed by atoms with Crippen molar-refractivity contribution < 1.29 is 14.6 Å². The van der Waals surface area contributed by atoms with Gasteiger partial charge in [-0.15, -0.1) is 0 Å². The smallest absolute Gasteiger partial charge is 0.323 e. The number of rotatable bonds is 2. The van der Waals surface area contributed by atoms with Gasteiger partial charge in [0, 0.05) is 6.61 Å². The van der Waals surface area contributed by atoms with Gasteiger partial charge in [0.25, 0.3) is 0 Å². The van der Waals surface area contributed by atoms with Crippen molar-refractivity contribution in [2.45, 2.75) is 31.4 Å². The van der Waals surface area contributed by atoms with E-state index in [4.69, 9.17) is 15.6 Å². The van der Waals surface area contributed by atoms with Crippen LogP contribution in [-0.2, 0) is 9.53 Å². The zero-order valence-corrected chi connectivity index (χ0v) is 6.32. The summed E-state index contributed by atoms with van der Waals surface area (Å²) in [7, 11) is 0. The predicted molar refractivity (Wildman–Crippen MR) is 39.2 cm³/mol. The first-order valence-corrected chi connectivity index (χ1v) is 3.82. The molecule has 0 aromatic carbocycles. The summed E-state index contributed by atoms with van der Waals surface area (Å²) in [5, 5.41) is 8.53. The summed E-state index contributed by atoms with van der Waals surface area (Å²) in [6.07, 6.45) is 2.53. The highest BCUT2D eigenvalue weighted by molar-refractivity contribution is 5.73. The largest absolute Gasteiger partial charge is 0.480 e. The molecule has 3 N–H and O–H groups in total. The zero-order chi connectivity index (χ0) is 8.27. The summed E-state index contributed by atoms with van der Waals surface area (Å²) in [4.78, 5) is 10.4. The van der Waals surface area contributed by atoms with Gasteiger partial charge in [0.05, 0.1) is 6.10 Å². The molecule has 0 aromatic rings. The monoisotopic (exact) mass is 159 g/mol. The minimum Gasteiger partial charge on any atom is -0.480 e. The van der Waals surface area contributed by atoms with E-state index in [0.29, 0.717) is 6.61 Å². The molecule has 2 unspecified atom stereocenters. The summed E-state index contributed by atoms with van der Waals surface area (Å²) >= 11 is 0. The Morgan fingerprint density at radius 3 is 2.82 bits per heavy atom. The Morgan fingerprint density at radius 2 is 2.36 bits per heavy atom. The van der Waals surface area contributed by atoms with E-state index in [1.165, 1.54) is 0 Å². The second kappa shape index (κ2) is 3.69. The molecule has 1 aliphatic rings. The maximum atomic E-state index is 10.4. The van der Waals surface area contributed by atoms with Crippen LogP contribution in [0.3, 0.4) is 0 Å². The molecule has 1 fully saturated rings. The Kier molecular flexibility index (Phi) is 2.84. The van der Waals surface area contributed by atoms with Gasteiger partial charge in [-0.05, 0) is 19.3 Å². The molecule has 11 heavy (non-hydrogen) atoms. The average molecular weight is 159 g/mol. The van der Waals surface area contributed by atoms with Crippen LogP contribution in [0.2, 0.25) is 0 Å². The maximum Gasteiger partial charge on any atom is 0.323 e. The van der Waals surface area contributed by atoms with Gasteiger partial charge in [-0.3, -0.25) is 4.79 Å². The summed E-state index contributed by atoms with van der Waals surface area (Å²) in [5.74, 6) is -0.975. The zero-order valence-electron chi connectivity index (χ0n) is 6.32. The Hall–Kier alpha value is -0.610. The van der Waals surface area contributed by atoms with Crippen LogP contribution in [0.15, 0.2) is 0 Å². The Bertz CT molecular complexity index is 143. The molecule has 0 radical (unpaired) electrons. The third-order valence-corrected chi connectivity index (χ3v) is 1.90. The fourth-order valence-corrected chi connectivity index (χ4v) is 1.21. The maximum absolute atomic E-state index is 10.4. The Balaban J connectivity index is 2.38. The molecule has 2 atom stereocenters. The molecule has 0 spiro atoms. The number of aliphatic carboxylic acids is 1. The lowest BCUT2D eigenvalue weighted by atomic mass is 10.0. The SMILES string of the molecule is NC(C(=O)O)C1CCCCO1. The minimum atomic E-state index is -0.975. The van der Waals surface area contributed by atoms with Crippen molar-refractivity contribution in [3.05, 3.63) is 0 Å². The van der Waals surface area contributed by atoms with Gasteiger partial charge in [-0.2, -0.15) is 0 Å². The number of nitrogens with two attached hydrogens (primary N) is 1. The predicted octanol–water partition coefficient (Wildman–Crippen LogP) is -0.0326. The van der Waals surface area contributed by atoms with Gasteiger partial charge in [0.1, 0.15) is 6.04 Å². The molecule has 0 amide bonds. The first kappa shape index (κ1) is 8.49. The van der Waals surface area contributed by atoms with Crippen LogP contribution in [0.1, 0.15) is 19.3 Å². The molecule has 1 saturated heterocycles. The number of carboxylic acids is 1. The van der Waals surface area contributed by atoms with Crippen LogP contribution in [0.5, 0.6) is 0 Å². The van der Waals surface area contributed by atoms with E-state index in [1.807, 2.05) is 0 Å². The molecule has 1 rings (SSSR count). The van der Waals surface area contributed by atoms with Crippen LogP contribution in [0.25, 0.3) is 0 Å². The van der Waals surface area contributed by atoms with Crippen molar-refractivity contribution in [1.82, 2.24) is 0 Å². The number of ether oxygens (including phenoxy) is 1. The van der Waals surface area contributed by atoms with E-state index in [9.17, 15) is 4.79 Å². The minimum absolute atomic E-state index is 0.277. The molecule has 4 nitrogen and oxygen atoms in total. The summed E-state index contributed by atoms with van der Waals surface area (Å²) in [5.41, 5.74) is 5.37. The first-order valence-electron chi connectivity index (χ1n) is 3.82. The summed E-state index contributed by atoms with van der Waals surface area (Å²) in [6, 6.07) is -0.852. The third kappa shape index (κ3) is 2.17. The van der Waals surface area contributed by atoms with Crippen LogP contribution in [-0.4, -0.2) is 29.8 Å². The molecule has 0 bridgehead atoms. The number of carboxylic acid groups (broad SMARTS) is 1. The fraction of sp³-hybridized carbons (Fsp3) is 0.857. The van der Waals surface area contributed by atoms with Crippen LogP contribution in [0.4, 0.5) is 0 Å². The van der Waals surface area contributed by atoms with Crippen molar-refractivity contribution in [2.24, 2.45) is 5.73 Å². The molecular weight excluding hydrogens is 146 g/mol. The topological polar surface area (TPSA) is 72.6 Å². The lowest BCUT2D eigenvalue weighted by Gasteiger charge is -2.25. The number of hydrogen-bond acceptors (Lipinski definition) is 3. The standard InChI is InChI=1S/C7H13NO3/c8-6(7(9)10)5-3-1-2-4-11-5/h5-6H,1-4,8H2,(H,9,10). The van der Waals surface area contributed by atoms with Crippen LogP contribution < -0.4 is 5.73 Å². The van der Waals surface area contributed by atoms with Crippen LogP contribution in [0, 0.1) is 0 Å². The highest BCUT2D eigenvalue weighted by Crippen LogP contribution is 2.14. The van der Waals surface area contributed by atoms with E-state index in [0.717, 1.165) is 19.3 Å². The molecule has 0 aromatic heterocycles. The second-order valence-electron chi connectivity index (χ2n) is 2.77. The van der Waals surface area contributed by atoms with E-state index >= 15 is 0 Å². The lowest BCUT2D eigenvalue weighted by molar-refractivity contribution is -0.143. The quantitative estimate of drug-likeness (QED) is 0.593. The van der Waals surface area contributed by atoms with E-state index in [1.54, 1.807) is 0 Å². The fourth-order valence-electron chi connectivity index (χ4n) is 1.21. The number of hydrogen-bond donors (Lipinski definition) is 2. The van der Waals surface area contributed by atoms with Gasteiger partial charge in [0.2, 0.25) is 0 Å². The van der Waals surface area contributed by atoms with Crippen molar-refractivity contribution in [1.29, 1.82) is 0 Å². The van der Waals surface area contributed by atoms with Gasteiger partial charge < -0.3 is 15.6 Å². The summed E-state index contributed by atoms with van der Waals surface area (Å²) < 4.78 is 5.20. The summed E-state index contributed by atoms with van der Waals surface area (Å²) in [6.45, 7) is 0.644. The molecule has 64 valence electrons. The second-order valence-corrected chi connectivity index (χ2v) is 2.77. The molecule has 4 heteroatoms. The molecule has 1 heterocycles. The van der Waals surface area contributed by atoms with E-state index in [2.05, 4.69) is 0 Å². The van der Waals surface area contributed by atoms with Crippen LogP contribution >= 0.6 is 0 Å². The number of carbonyl (C=O) groups is 1.